The predicted molar refractivity (Wildman–Crippen MR) is 107 cm³/mol. The minimum absolute atomic E-state index is 0.0351. The van der Waals surface area contributed by atoms with Gasteiger partial charge in [0, 0.05) is 23.9 Å². The second kappa shape index (κ2) is 6.95. The van der Waals surface area contributed by atoms with Gasteiger partial charge in [-0.25, -0.2) is 4.79 Å². The van der Waals surface area contributed by atoms with E-state index in [1.807, 2.05) is 66.4 Å². The number of rotatable bonds is 5. The van der Waals surface area contributed by atoms with Crippen molar-refractivity contribution in [3.63, 3.8) is 0 Å². The highest BCUT2D eigenvalue weighted by Gasteiger charge is 2.52. The number of nitrogens with zero attached hydrogens (tertiary/aromatic N) is 1. The van der Waals surface area contributed by atoms with E-state index in [0.29, 0.717) is 13.0 Å². The molecule has 0 radical (unpaired) electrons. The van der Waals surface area contributed by atoms with Crippen molar-refractivity contribution < 1.29 is 14.3 Å². The van der Waals surface area contributed by atoms with Gasteiger partial charge in [-0.15, -0.1) is 0 Å². The lowest BCUT2D eigenvalue weighted by Crippen LogP contribution is -2.50. The van der Waals surface area contributed by atoms with E-state index in [1.54, 1.807) is 0 Å². The van der Waals surface area contributed by atoms with E-state index in [-0.39, 0.29) is 17.7 Å². The van der Waals surface area contributed by atoms with Crippen LogP contribution in [0.2, 0.25) is 0 Å². The van der Waals surface area contributed by atoms with Gasteiger partial charge < -0.3 is 14.4 Å². The van der Waals surface area contributed by atoms with Gasteiger partial charge in [0.25, 0.3) is 0 Å². The molecule has 2 aliphatic rings. The number of hydrogen-bond acceptors (Lipinski definition) is 3. The molecule has 0 aromatic heterocycles. The summed E-state index contributed by atoms with van der Waals surface area (Å²) in [6.07, 6.45) is 1.18. The summed E-state index contributed by atoms with van der Waals surface area (Å²) in [7, 11) is 0. The van der Waals surface area contributed by atoms with Crippen molar-refractivity contribution in [3.8, 4) is 0 Å². The number of carbonyl (C=O) groups excluding carboxylic acids is 1. The van der Waals surface area contributed by atoms with Gasteiger partial charge >= 0.3 is 6.09 Å². The lowest BCUT2D eigenvalue weighted by Gasteiger charge is -2.44. The molecule has 3 atom stereocenters. The highest BCUT2D eigenvalue weighted by Crippen LogP contribution is 2.46. The predicted octanol–water partition coefficient (Wildman–Crippen LogP) is 5.43. The van der Waals surface area contributed by atoms with Crippen molar-refractivity contribution in [1.82, 2.24) is 4.90 Å². The highest BCUT2D eigenvalue weighted by atomic mass is 79.9. The van der Waals surface area contributed by atoms with Gasteiger partial charge in [0.15, 0.2) is 0 Å². The van der Waals surface area contributed by atoms with Crippen LogP contribution in [0.5, 0.6) is 0 Å². The van der Waals surface area contributed by atoms with E-state index >= 15 is 0 Å². The summed E-state index contributed by atoms with van der Waals surface area (Å²) >= 11 is 3.46. The molecule has 2 saturated heterocycles. The molecule has 0 aliphatic carbocycles. The first-order chi connectivity index (χ1) is 12.9. The standard InChI is InChI=1S/C22H24BrNO3/c1-16(17-8-10-19(23)11-9-17)24-13-12-22(27-20(24)25,14-21(2)15-26-21)18-6-4-3-5-7-18/h3-11,16H,12-15H2,1-2H3/t16-,21?,22?/m0/s1. The van der Waals surface area contributed by atoms with Gasteiger partial charge in [0.05, 0.1) is 18.2 Å². The van der Waals surface area contributed by atoms with Crippen LogP contribution in [0.1, 0.15) is 43.9 Å². The molecule has 4 rings (SSSR count). The van der Waals surface area contributed by atoms with Crippen molar-refractivity contribution in [2.75, 3.05) is 13.2 Å². The molecule has 4 nitrogen and oxygen atoms in total. The van der Waals surface area contributed by atoms with E-state index in [4.69, 9.17) is 9.47 Å². The molecule has 142 valence electrons. The number of carbonyl (C=O) groups is 1. The fourth-order valence-electron chi connectivity index (χ4n) is 3.94. The maximum Gasteiger partial charge on any atom is 0.411 e. The normalized spacial score (nSPS) is 28.6. The number of cyclic esters (lactones) is 1. The van der Waals surface area contributed by atoms with Gasteiger partial charge in [-0.05, 0) is 37.1 Å². The van der Waals surface area contributed by atoms with Crippen LogP contribution in [0, 0.1) is 0 Å². The number of ether oxygens (including phenoxy) is 2. The van der Waals surface area contributed by atoms with E-state index in [9.17, 15) is 4.79 Å². The van der Waals surface area contributed by atoms with E-state index in [1.165, 1.54) is 0 Å². The first kappa shape index (κ1) is 18.5. The summed E-state index contributed by atoms with van der Waals surface area (Å²) in [5.74, 6) is 0. The van der Waals surface area contributed by atoms with Gasteiger partial charge in [0.2, 0.25) is 0 Å². The number of hydrogen-bond donors (Lipinski definition) is 0. The Morgan fingerprint density at radius 3 is 2.41 bits per heavy atom. The SMILES string of the molecule is C[C@@H](c1ccc(Br)cc1)N1CCC(CC2(C)CO2)(c2ccccc2)OC1=O. The van der Waals surface area contributed by atoms with Crippen LogP contribution in [0.25, 0.3) is 0 Å². The highest BCUT2D eigenvalue weighted by molar-refractivity contribution is 9.10. The molecule has 0 bridgehead atoms. The minimum atomic E-state index is -0.625. The van der Waals surface area contributed by atoms with Crippen molar-refractivity contribution in [2.45, 2.75) is 43.9 Å². The Balaban J connectivity index is 1.57. The monoisotopic (exact) mass is 429 g/mol. The first-order valence-corrected chi connectivity index (χ1v) is 10.1. The van der Waals surface area contributed by atoms with Crippen LogP contribution in [0.4, 0.5) is 4.79 Å². The van der Waals surface area contributed by atoms with Crippen LogP contribution in [0.3, 0.4) is 0 Å². The van der Waals surface area contributed by atoms with Gasteiger partial charge in [-0.3, -0.25) is 0 Å². The van der Waals surface area contributed by atoms with Crippen LogP contribution < -0.4 is 0 Å². The zero-order valence-corrected chi connectivity index (χ0v) is 17.2. The molecule has 2 unspecified atom stereocenters. The quantitative estimate of drug-likeness (QED) is 0.595. The zero-order chi connectivity index (χ0) is 19.1. The van der Waals surface area contributed by atoms with E-state index in [0.717, 1.165) is 28.6 Å². The Bertz CT molecular complexity index is 819. The third-order valence-corrected chi connectivity index (χ3v) is 6.22. The molecular weight excluding hydrogens is 406 g/mol. The molecule has 5 heteroatoms. The zero-order valence-electron chi connectivity index (χ0n) is 15.7. The second-order valence-corrected chi connectivity index (χ2v) is 8.73. The number of halogens is 1. The molecule has 27 heavy (non-hydrogen) atoms. The summed E-state index contributed by atoms with van der Waals surface area (Å²) in [6, 6.07) is 18.1. The maximum atomic E-state index is 13.0. The summed E-state index contributed by atoms with van der Waals surface area (Å²) in [5.41, 5.74) is 1.32. The molecule has 2 aromatic rings. The molecule has 0 N–H and O–H groups in total. The fourth-order valence-corrected chi connectivity index (χ4v) is 4.21. The summed E-state index contributed by atoms with van der Waals surface area (Å²) in [4.78, 5) is 14.8. The minimum Gasteiger partial charge on any atom is -0.438 e. The average Bonchev–Trinajstić information content (AvgIpc) is 3.39. The summed E-state index contributed by atoms with van der Waals surface area (Å²) in [6.45, 7) is 5.51. The maximum absolute atomic E-state index is 13.0. The van der Waals surface area contributed by atoms with Crippen LogP contribution in [-0.4, -0.2) is 29.7 Å². The molecule has 2 aliphatic heterocycles. The van der Waals surface area contributed by atoms with Crippen LogP contribution >= 0.6 is 15.9 Å². The largest absolute Gasteiger partial charge is 0.438 e. The van der Waals surface area contributed by atoms with Crippen molar-refractivity contribution in [1.29, 1.82) is 0 Å². The summed E-state index contributed by atoms with van der Waals surface area (Å²) < 4.78 is 12.8. The van der Waals surface area contributed by atoms with Crippen LogP contribution in [0.15, 0.2) is 59.1 Å². The second-order valence-electron chi connectivity index (χ2n) is 7.81. The molecule has 2 heterocycles. The third kappa shape index (κ3) is 3.76. The van der Waals surface area contributed by atoms with Crippen molar-refractivity contribution >= 4 is 22.0 Å². The lowest BCUT2D eigenvalue weighted by atomic mass is 9.81. The Kier molecular flexibility index (Phi) is 4.77. The van der Waals surface area contributed by atoms with Crippen molar-refractivity contribution in [2.24, 2.45) is 0 Å². The molecule has 2 fully saturated rings. The van der Waals surface area contributed by atoms with Crippen LogP contribution in [-0.2, 0) is 15.1 Å². The molecule has 1 amide bonds. The van der Waals surface area contributed by atoms with E-state index < -0.39 is 5.60 Å². The number of benzene rings is 2. The third-order valence-electron chi connectivity index (χ3n) is 5.69. The lowest BCUT2D eigenvalue weighted by molar-refractivity contribution is -0.0750. The van der Waals surface area contributed by atoms with Crippen molar-refractivity contribution in [3.05, 3.63) is 70.2 Å². The number of epoxide rings is 1. The Morgan fingerprint density at radius 1 is 1.15 bits per heavy atom. The Morgan fingerprint density at radius 2 is 1.81 bits per heavy atom. The molecule has 0 spiro atoms. The van der Waals surface area contributed by atoms with Gasteiger partial charge in [-0.1, -0.05) is 58.4 Å². The summed E-state index contributed by atoms with van der Waals surface area (Å²) in [5, 5.41) is 0. The Labute approximate surface area is 168 Å². The smallest absolute Gasteiger partial charge is 0.411 e. The average molecular weight is 430 g/mol. The van der Waals surface area contributed by atoms with E-state index in [2.05, 4.69) is 22.9 Å². The topological polar surface area (TPSA) is 42.1 Å². The Hall–Kier alpha value is -1.85. The molecule has 0 saturated carbocycles. The molecule has 2 aromatic carbocycles. The molecular formula is C22H24BrNO3. The number of amides is 1. The van der Waals surface area contributed by atoms with Gasteiger partial charge in [0.1, 0.15) is 5.60 Å². The first-order valence-electron chi connectivity index (χ1n) is 9.35. The van der Waals surface area contributed by atoms with Gasteiger partial charge in [-0.2, -0.15) is 0 Å². The fraction of sp³-hybridized carbons (Fsp3) is 0.409.